The molecule has 94 valence electrons. The molecule has 0 bridgehead atoms. The van der Waals surface area contributed by atoms with Gasteiger partial charge in [-0.25, -0.2) is 13.4 Å². The Morgan fingerprint density at radius 2 is 2.11 bits per heavy atom. The highest BCUT2D eigenvalue weighted by Gasteiger charge is 2.14. The summed E-state index contributed by atoms with van der Waals surface area (Å²) in [6.07, 6.45) is 4.15. The number of hydrogen-bond acceptors (Lipinski definition) is 4. The zero-order chi connectivity index (χ0) is 13.2. The summed E-state index contributed by atoms with van der Waals surface area (Å²) in [7, 11) is -3.64. The van der Waals surface area contributed by atoms with Crippen LogP contribution in [0.5, 0.6) is 0 Å². The molecular formula is C11H10ClN3O2S. The van der Waals surface area contributed by atoms with E-state index in [2.05, 4.69) is 14.7 Å². The number of hydrogen-bond donors (Lipinski definition) is 1. The molecule has 2 rings (SSSR count). The minimum absolute atomic E-state index is 0.0950. The van der Waals surface area contributed by atoms with Gasteiger partial charge in [-0.1, -0.05) is 11.6 Å². The van der Waals surface area contributed by atoms with E-state index in [0.29, 0.717) is 16.4 Å². The average molecular weight is 284 g/mol. The molecule has 0 aliphatic rings. The van der Waals surface area contributed by atoms with E-state index in [4.69, 9.17) is 11.6 Å². The van der Waals surface area contributed by atoms with Crippen LogP contribution in [0.2, 0.25) is 5.15 Å². The van der Waals surface area contributed by atoms with Gasteiger partial charge in [0.1, 0.15) is 10.0 Å². The predicted octanol–water partition coefficient (Wildman–Crippen LogP) is 2.24. The zero-order valence-corrected chi connectivity index (χ0v) is 11.0. The molecule has 0 aliphatic carbocycles. The Morgan fingerprint density at radius 1 is 1.33 bits per heavy atom. The summed E-state index contributed by atoms with van der Waals surface area (Å²) >= 11 is 5.77. The Kier molecular flexibility index (Phi) is 3.49. The van der Waals surface area contributed by atoms with Gasteiger partial charge in [-0.3, -0.25) is 9.71 Å². The van der Waals surface area contributed by atoms with E-state index in [1.54, 1.807) is 19.1 Å². The molecule has 0 saturated carbocycles. The van der Waals surface area contributed by atoms with Crippen LogP contribution in [0.4, 0.5) is 5.69 Å². The Hall–Kier alpha value is -1.66. The third-order valence-corrected chi connectivity index (χ3v) is 3.97. The van der Waals surface area contributed by atoms with E-state index < -0.39 is 10.0 Å². The number of aromatic nitrogens is 2. The molecule has 0 unspecified atom stereocenters. The SMILES string of the molecule is Cc1cc(NS(=O)(=O)c2cccnc2)cnc1Cl. The maximum Gasteiger partial charge on any atom is 0.263 e. The van der Waals surface area contributed by atoms with Crippen LogP contribution in [0, 0.1) is 6.92 Å². The minimum atomic E-state index is -3.64. The van der Waals surface area contributed by atoms with E-state index >= 15 is 0 Å². The smallest absolute Gasteiger partial charge is 0.263 e. The van der Waals surface area contributed by atoms with Crippen molar-refractivity contribution in [3.05, 3.63) is 47.5 Å². The Labute approximate surface area is 110 Å². The number of anilines is 1. The molecule has 0 aliphatic heterocycles. The summed E-state index contributed by atoms with van der Waals surface area (Å²) in [4.78, 5) is 7.74. The van der Waals surface area contributed by atoms with Gasteiger partial charge in [0.05, 0.1) is 11.9 Å². The summed E-state index contributed by atoms with van der Waals surface area (Å²) in [6.45, 7) is 1.75. The monoisotopic (exact) mass is 283 g/mol. The molecule has 0 fully saturated rings. The topological polar surface area (TPSA) is 72.0 Å². The van der Waals surface area contributed by atoms with E-state index in [-0.39, 0.29) is 4.90 Å². The van der Waals surface area contributed by atoms with Gasteiger partial charge in [0.15, 0.2) is 0 Å². The van der Waals surface area contributed by atoms with Crippen molar-refractivity contribution in [3.8, 4) is 0 Å². The van der Waals surface area contributed by atoms with Crippen molar-refractivity contribution in [2.24, 2.45) is 0 Å². The number of halogens is 1. The highest BCUT2D eigenvalue weighted by atomic mass is 35.5. The van der Waals surface area contributed by atoms with Crippen molar-refractivity contribution >= 4 is 27.3 Å². The molecule has 1 N–H and O–H groups in total. The van der Waals surface area contributed by atoms with Gasteiger partial charge < -0.3 is 0 Å². The lowest BCUT2D eigenvalue weighted by Crippen LogP contribution is -2.13. The molecule has 0 amide bonds. The summed E-state index contributed by atoms with van der Waals surface area (Å²) < 4.78 is 26.4. The van der Waals surface area contributed by atoms with Gasteiger partial charge in [-0.2, -0.15) is 0 Å². The third kappa shape index (κ3) is 2.77. The lowest BCUT2D eigenvalue weighted by atomic mass is 10.3. The average Bonchev–Trinajstić information content (AvgIpc) is 2.35. The van der Waals surface area contributed by atoms with Crippen LogP contribution < -0.4 is 4.72 Å². The summed E-state index contributed by atoms with van der Waals surface area (Å²) in [5, 5.41) is 0.347. The van der Waals surface area contributed by atoms with Crippen molar-refractivity contribution < 1.29 is 8.42 Å². The molecule has 2 aromatic heterocycles. The fourth-order valence-corrected chi connectivity index (χ4v) is 2.43. The highest BCUT2D eigenvalue weighted by molar-refractivity contribution is 7.92. The molecule has 5 nitrogen and oxygen atoms in total. The quantitative estimate of drug-likeness (QED) is 0.877. The van der Waals surface area contributed by atoms with E-state index in [9.17, 15) is 8.42 Å². The van der Waals surface area contributed by atoms with Crippen LogP contribution in [0.25, 0.3) is 0 Å². The van der Waals surface area contributed by atoms with Gasteiger partial charge in [0.2, 0.25) is 0 Å². The molecule has 2 aromatic rings. The van der Waals surface area contributed by atoms with E-state index in [1.807, 2.05) is 0 Å². The van der Waals surface area contributed by atoms with Crippen molar-refractivity contribution in [1.29, 1.82) is 0 Å². The van der Waals surface area contributed by atoms with E-state index in [0.717, 1.165) is 0 Å². The minimum Gasteiger partial charge on any atom is -0.278 e. The lowest BCUT2D eigenvalue weighted by molar-refractivity contribution is 0.601. The highest BCUT2D eigenvalue weighted by Crippen LogP contribution is 2.19. The molecule has 7 heteroatoms. The zero-order valence-electron chi connectivity index (χ0n) is 9.46. The normalized spacial score (nSPS) is 11.2. The molecule has 0 aromatic carbocycles. The summed E-state index contributed by atoms with van der Waals surface area (Å²) in [5.74, 6) is 0. The van der Waals surface area contributed by atoms with Gasteiger partial charge >= 0.3 is 0 Å². The van der Waals surface area contributed by atoms with Gasteiger partial charge in [-0.05, 0) is 30.7 Å². The van der Waals surface area contributed by atoms with Gasteiger partial charge in [-0.15, -0.1) is 0 Å². The van der Waals surface area contributed by atoms with Crippen LogP contribution in [-0.4, -0.2) is 18.4 Å². The number of nitrogens with one attached hydrogen (secondary N) is 1. The third-order valence-electron chi connectivity index (χ3n) is 2.21. The Morgan fingerprint density at radius 3 is 2.72 bits per heavy atom. The number of aryl methyl sites for hydroxylation is 1. The number of pyridine rings is 2. The predicted molar refractivity (Wildman–Crippen MR) is 69.0 cm³/mol. The standard InChI is InChI=1S/C11H10ClN3O2S/c1-8-5-9(6-14-11(8)12)15-18(16,17)10-3-2-4-13-7-10/h2-7,15H,1H3. The van der Waals surface area contributed by atoms with Crippen LogP contribution in [0.15, 0.2) is 41.7 Å². The van der Waals surface area contributed by atoms with Gasteiger partial charge in [0.25, 0.3) is 10.0 Å². The maximum atomic E-state index is 12.0. The molecule has 2 heterocycles. The van der Waals surface area contributed by atoms with Crippen molar-refractivity contribution in [1.82, 2.24) is 9.97 Å². The largest absolute Gasteiger partial charge is 0.278 e. The van der Waals surface area contributed by atoms with Gasteiger partial charge in [0, 0.05) is 12.4 Å². The molecule has 0 spiro atoms. The summed E-state index contributed by atoms with van der Waals surface area (Å²) in [5.41, 5.74) is 1.06. The van der Waals surface area contributed by atoms with Crippen molar-refractivity contribution in [2.75, 3.05) is 4.72 Å². The first-order valence-electron chi connectivity index (χ1n) is 5.04. The first-order chi connectivity index (χ1) is 8.49. The number of nitrogens with zero attached hydrogens (tertiary/aromatic N) is 2. The molecule has 0 radical (unpaired) electrons. The lowest BCUT2D eigenvalue weighted by Gasteiger charge is -2.08. The molecular weight excluding hydrogens is 274 g/mol. The van der Waals surface area contributed by atoms with Crippen molar-refractivity contribution in [3.63, 3.8) is 0 Å². The van der Waals surface area contributed by atoms with Crippen LogP contribution >= 0.6 is 11.6 Å². The molecule has 0 atom stereocenters. The molecule has 18 heavy (non-hydrogen) atoms. The second-order valence-electron chi connectivity index (χ2n) is 3.63. The van der Waals surface area contributed by atoms with Crippen molar-refractivity contribution in [2.45, 2.75) is 11.8 Å². The number of rotatable bonds is 3. The van der Waals surface area contributed by atoms with Crippen LogP contribution in [0.1, 0.15) is 5.56 Å². The summed E-state index contributed by atoms with van der Waals surface area (Å²) in [6, 6.07) is 4.63. The first-order valence-corrected chi connectivity index (χ1v) is 6.90. The Balaban J connectivity index is 2.31. The fourth-order valence-electron chi connectivity index (χ4n) is 1.33. The van der Waals surface area contributed by atoms with Crippen LogP contribution in [0.3, 0.4) is 0 Å². The Bertz CT molecular complexity index is 659. The second-order valence-corrected chi connectivity index (χ2v) is 5.67. The fraction of sp³-hybridized carbons (Fsp3) is 0.0909. The maximum absolute atomic E-state index is 12.0. The van der Waals surface area contributed by atoms with E-state index in [1.165, 1.54) is 24.7 Å². The van der Waals surface area contributed by atoms with Crippen LogP contribution in [-0.2, 0) is 10.0 Å². The second kappa shape index (κ2) is 4.91. The first kappa shape index (κ1) is 12.8. The number of sulfonamides is 1. The molecule has 0 saturated heterocycles.